The molecule has 0 amide bonds. The molecule has 20 heavy (non-hydrogen) atoms. The molecule has 2 heterocycles. The number of pyridine rings is 1. The van der Waals surface area contributed by atoms with Crippen molar-refractivity contribution in [1.82, 2.24) is 15.2 Å². The van der Waals surface area contributed by atoms with Crippen molar-refractivity contribution in [3.05, 3.63) is 23.5 Å². The normalized spacial score (nSPS) is 11.9. The zero-order valence-electron chi connectivity index (χ0n) is 13.0. The fourth-order valence-electron chi connectivity index (χ4n) is 1.84. The molecule has 0 aromatic carbocycles. The average Bonchev–Trinajstić information content (AvgIpc) is 2.75. The highest BCUT2D eigenvalue weighted by molar-refractivity contribution is 7.18. The molecule has 5 heteroatoms. The number of hydrogen-bond acceptors (Lipinski definition) is 5. The summed E-state index contributed by atoms with van der Waals surface area (Å²) in [6, 6.07) is 4.54. The highest BCUT2D eigenvalue weighted by atomic mass is 32.1. The van der Waals surface area contributed by atoms with E-state index in [1.54, 1.807) is 11.3 Å². The van der Waals surface area contributed by atoms with E-state index in [1.165, 1.54) is 0 Å². The second-order valence-electron chi connectivity index (χ2n) is 6.29. The molecule has 2 aromatic heterocycles. The van der Waals surface area contributed by atoms with Crippen LogP contribution in [0, 0.1) is 6.92 Å². The number of hydrogen-bond donors (Lipinski definition) is 1. The first-order valence-electron chi connectivity index (χ1n) is 6.86. The molecule has 2 aromatic rings. The summed E-state index contributed by atoms with van der Waals surface area (Å²) in [5, 5.41) is 13.5. The van der Waals surface area contributed by atoms with Crippen molar-refractivity contribution in [2.24, 2.45) is 0 Å². The summed E-state index contributed by atoms with van der Waals surface area (Å²) >= 11 is 1.57. The lowest BCUT2D eigenvalue weighted by Crippen LogP contribution is -2.14. The SMILES string of the molecule is Cc1nc(C(C)(C)C)ccc1-c1nnc(NC(C)C)s1. The Morgan fingerprint density at radius 3 is 2.40 bits per heavy atom. The third-order valence-corrected chi connectivity index (χ3v) is 3.81. The molecule has 0 atom stereocenters. The third kappa shape index (κ3) is 3.33. The van der Waals surface area contributed by atoms with Crippen LogP contribution in [0.3, 0.4) is 0 Å². The van der Waals surface area contributed by atoms with Gasteiger partial charge >= 0.3 is 0 Å². The van der Waals surface area contributed by atoms with Gasteiger partial charge in [-0.2, -0.15) is 0 Å². The van der Waals surface area contributed by atoms with E-state index in [1.807, 2.05) is 6.92 Å². The number of rotatable bonds is 3. The first-order chi connectivity index (χ1) is 9.27. The molecule has 1 N–H and O–H groups in total. The van der Waals surface area contributed by atoms with Crippen molar-refractivity contribution in [3.8, 4) is 10.6 Å². The lowest BCUT2D eigenvalue weighted by Gasteiger charge is -2.18. The Morgan fingerprint density at radius 1 is 1.15 bits per heavy atom. The summed E-state index contributed by atoms with van der Waals surface area (Å²) < 4.78 is 0. The molecule has 0 unspecified atom stereocenters. The molecule has 108 valence electrons. The Hall–Kier alpha value is -1.49. The highest BCUT2D eigenvalue weighted by Crippen LogP contribution is 2.30. The first-order valence-corrected chi connectivity index (χ1v) is 7.67. The quantitative estimate of drug-likeness (QED) is 0.927. The lowest BCUT2D eigenvalue weighted by atomic mass is 9.91. The largest absolute Gasteiger partial charge is 0.358 e. The molecule has 0 aliphatic carbocycles. The predicted octanol–water partition coefficient (Wildman–Crippen LogP) is 4.03. The van der Waals surface area contributed by atoms with Crippen LogP contribution < -0.4 is 5.32 Å². The fourth-order valence-corrected chi connectivity index (χ4v) is 2.81. The van der Waals surface area contributed by atoms with E-state index in [9.17, 15) is 0 Å². The van der Waals surface area contributed by atoms with Gasteiger partial charge in [0.05, 0.1) is 0 Å². The molecule has 0 spiro atoms. The summed E-state index contributed by atoms with van der Waals surface area (Å²) in [4.78, 5) is 4.71. The monoisotopic (exact) mass is 290 g/mol. The number of aryl methyl sites for hydroxylation is 1. The van der Waals surface area contributed by atoms with Crippen molar-refractivity contribution in [2.45, 2.75) is 53.0 Å². The van der Waals surface area contributed by atoms with Crippen molar-refractivity contribution < 1.29 is 0 Å². The minimum atomic E-state index is 0.0643. The molecular formula is C15H22N4S. The highest BCUT2D eigenvalue weighted by Gasteiger charge is 2.18. The summed E-state index contributed by atoms with van der Waals surface area (Å²) in [6.07, 6.45) is 0. The number of nitrogens with zero attached hydrogens (tertiary/aromatic N) is 3. The van der Waals surface area contributed by atoms with E-state index in [0.29, 0.717) is 6.04 Å². The minimum Gasteiger partial charge on any atom is -0.358 e. The van der Waals surface area contributed by atoms with Crippen LogP contribution in [0.1, 0.15) is 46.0 Å². The van der Waals surface area contributed by atoms with E-state index in [0.717, 1.165) is 27.1 Å². The Balaban J connectivity index is 2.31. The van der Waals surface area contributed by atoms with Crippen molar-refractivity contribution in [2.75, 3.05) is 5.32 Å². The number of nitrogens with one attached hydrogen (secondary N) is 1. The van der Waals surface area contributed by atoms with Crippen LogP contribution >= 0.6 is 11.3 Å². The Labute approximate surface area is 124 Å². The maximum absolute atomic E-state index is 4.71. The second kappa shape index (κ2) is 5.48. The van der Waals surface area contributed by atoms with Gasteiger partial charge in [0.1, 0.15) is 0 Å². The summed E-state index contributed by atoms with van der Waals surface area (Å²) in [5.74, 6) is 0. The average molecular weight is 290 g/mol. The van der Waals surface area contributed by atoms with Gasteiger partial charge in [-0.3, -0.25) is 4.98 Å². The zero-order chi connectivity index (χ0) is 14.9. The van der Waals surface area contributed by atoms with Gasteiger partial charge in [0.15, 0.2) is 5.01 Å². The fraction of sp³-hybridized carbons (Fsp3) is 0.533. The molecule has 0 radical (unpaired) electrons. The van der Waals surface area contributed by atoms with Gasteiger partial charge in [-0.25, -0.2) is 0 Å². The lowest BCUT2D eigenvalue weighted by molar-refractivity contribution is 0.567. The maximum atomic E-state index is 4.71. The Bertz CT molecular complexity index is 596. The van der Waals surface area contributed by atoms with E-state index in [2.05, 4.69) is 62.3 Å². The van der Waals surface area contributed by atoms with Crippen LogP contribution in [0.4, 0.5) is 5.13 Å². The minimum absolute atomic E-state index is 0.0643. The van der Waals surface area contributed by atoms with Gasteiger partial charge in [-0.05, 0) is 32.9 Å². The number of anilines is 1. The topological polar surface area (TPSA) is 50.7 Å². The molecule has 4 nitrogen and oxygen atoms in total. The zero-order valence-corrected chi connectivity index (χ0v) is 13.8. The summed E-state index contributed by atoms with van der Waals surface area (Å²) in [5.41, 5.74) is 3.23. The van der Waals surface area contributed by atoms with Crippen LogP contribution in [0.5, 0.6) is 0 Å². The van der Waals surface area contributed by atoms with Crippen molar-refractivity contribution in [3.63, 3.8) is 0 Å². The van der Waals surface area contributed by atoms with Crippen LogP contribution in [0.15, 0.2) is 12.1 Å². The molecule has 2 rings (SSSR count). The van der Waals surface area contributed by atoms with Gasteiger partial charge in [0.2, 0.25) is 5.13 Å². The first kappa shape index (κ1) is 14.9. The van der Waals surface area contributed by atoms with Gasteiger partial charge in [-0.15, -0.1) is 10.2 Å². The van der Waals surface area contributed by atoms with E-state index < -0.39 is 0 Å². The van der Waals surface area contributed by atoms with Crippen molar-refractivity contribution in [1.29, 1.82) is 0 Å². The Morgan fingerprint density at radius 2 is 1.85 bits per heavy atom. The van der Waals surface area contributed by atoms with Gasteiger partial charge < -0.3 is 5.32 Å². The Kier molecular flexibility index (Phi) is 4.09. The van der Waals surface area contributed by atoms with Crippen LogP contribution in [-0.2, 0) is 5.41 Å². The van der Waals surface area contributed by atoms with E-state index in [-0.39, 0.29) is 5.41 Å². The molecule has 0 aliphatic heterocycles. The second-order valence-corrected chi connectivity index (χ2v) is 7.27. The maximum Gasteiger partial charge on any atom is 0.206 e. The van der Waals surface area contributed by atoms with Crippen LogP contribution in [0.2, 0.25) is 0 Å². The smallest absolute Gasteiger partial charge is 0.206 e. The standard InChI is InChI=1S/C15H22N4S/c1-9(2)16-14-19-18-13(20-14)11-7-8-12(15(4,5)6)17-10(11)3/h7-9H,1-6H3,(H,16,19). The molecule has 0 fully saturated rings. The molecule has 0 saturated heterocycles. The molecule has 0 bridgehead atoms. The van der Waals surface area contributed by atoms with E-state index >= 15 is 0 Å². The summed E-state index contributed by atoms with van der Waals surface area (Å²) in [7, 11) is 0. The number of aromatic nitrogens is 3. The van der Waals surface area contributed by atoms with Crippen molar-refractivity contribution >= 4 is 16.5 Å². The van der Waals surface area contributed by atoms with Gasteiger partial charge in [0, 0.05) is 28.4 Å². The predicted molar refractivity (Wildman–Crippen MR) is 85.3 cm³/mol. The van der Waals surface area contributed by atoms with Crippen LogP contribution in [-0.4, -0.2) is 21.2 Å². The van der Waals surface area contributed by atoms with Gasteiger partial charge in [0.25, 0.3) is 0 Å². The summed E-state index contributed by atoms with van der Waals surface area (Å²) in [6.45, 7) is 12.7. The van der Waals surface area contributed by atoms with Crippen LogP contribution in [0.25, 0.3) is 10.6 Å². The molecule has 0 aliphatic rings. The molecular weight excluding hydrogens is 268 g/mol. The third-order valence-electron chi connectivity index (χ3n) is 2.92. The van der Waals surface area contributed by atoms with Gasteiger partial charge in [-0.1, -0.05) is 32.1 Å². The van der Waals surface area contributed by atoms with E-state index in [4.69, 9.17) is 4.98 Å². The molecule has 0 saturated carbocycles.